The summed E-state index contributed by atoms with van der Waals surface area (Å²) >= 11 is 0. The topological polar surface area (TPSA) is 70.9 Å². The van der Waals surface area contributed by atoms with E-state index in [9.17, 15) is 5.21 Å². The predicted octanol–water partition coefficient (Wildman–Crippen LogP) is 3.11. The van der Waals surface area contributed by atoms with Crippen molar-refractivity contribution in [3.63, 3.8) is 0 Å². The van der Waals surface area contributed by atoms with Gasteiger partial charge in [0.1, 0.15) is 11.5 Å². The van der Waals surface area contributed by atoms with Gasteiger partial charge in [-0.15, -0.1) is 0 Å². The van der Waals surface area contributed by atoms with Crippen LogP contribution in [0.2, 0.25) is 0 Å². The highest BCUT2D eigenvalue weighted by Crippen LogP contribution is 2.35. The Morgan fingerprint density at radius 1 is 1.21 bits per heavy atom. The lowest BCUT2D eigenvalue weighted by Gasteiger charge is -2.34. The normalized spacial score (nSPS) is 29.7. The highest BCUT2D eigenvalue weighted by molar-refractivity contribution is 5.88. The van der Waals surface area contributed by atoms with Gasteiger partial charge in [-0.2, -0.15) is 0 Å². The summed E-state index contributed by atoms with van der Waals surface area (Å²) in [6, 6.07) is 7.52. The van der Waals surface area contributed by atoms with Gasteiger partial charge in [-0.1, -0.05) is 12.1 Å². The van der Waals surface area contributed by atoms with Crippen LogP contribution in [0.15, 0.2) is 50.8 Å². The van der Waals surface area contributed by atoms with Gasteiger partial charge in [-0.25, -0.2) is 0 Å². The van der Waals surface area contributed by atoms with Crippen molar-refractivity contribution in [2.75, 3.05) is 0 Å². The Labute approximate surface area is 110 Å². The number of hydrogen-bond donors (Lipinski definition) is 2. The van der Waals surface area contributed by atoms with Crippen molar-refractivity contribution >= 4 is 5.71 Å². The molecule has 100 valence electrons. The first-order valence-corrected chi connectivity index (χ1v) is 6.33. The van der Waals surface area contributed by atoms with Gasteiger partial charge in [0.25, 0.3) is 0 Å². The molecule has 0 aromatic carbocycles. The van der Waals surface area contributed by atoms with E-state index in [2.05, 4.69) is 10.5 Å². The molecule has 1 aliphatic rings. The smallest absolute Gasteiger partial charge is 0.121 e. The van der Waals surface area contributed by atoms with E-state index in [0.717, 1.165) is 17.2 Å². The summed E-state index contributed by atoms with van der Waals surface area (Å²) in [4.78, 5) is 0. The molecular formula is C14H16N2O3. The summed E-state index contributed by atoms with van der Waals surface area (Å²) in [6.07, 6.45) is 3.92. The number of hydrogen-bond acceptors (Lipinski definition) is 5. The number of rotatable bonds is 2. The molecule has 0 bridgehead atoms. The van der Waals surface area contributed by atoms with E-state index in [1.807, 2.05) is 31.2 Å². The molecule has 2 N–H and O–H groups in total. The molecule has 3 atom stereocenters. The molecule has 0 saturated carbocycles. The van der Waals surface area contributed by atoms with E-state index in [0.29, 0.717) is 6.42 Å². The highest BCUT2D eigenvalue weighted by Gasteiger charge is 2.36. The fraction of sp³-hybridized carbons (Fsp3) is 0.357. The van der Waals surface area contributed by atoms with Crippen LogP contribution in [0.1, 0.15) is 36.9 Å². The Morgan fingerprint density at radius 2 is 1.89 bits per heavy atom. The number of nitrogens with zero attached hydrogens (tertiary/aromatic N) is 1. The molecule has 2 aromatic heterocycles. The van der Waals surface area contributed by atoms with Crippen LogP contribution in [-0.4, -0.2) is 10.9 Å². The summed E-state index contributed by atoms with van der Waals surface area (Å²) in [6.45, 7) is 2.02. The minimum absolute atomic E-state index is 0.00722. The first-order valence-electron chi connectivity index (χ1n) is 6.33. The largest absolute Gasteiger partial charge is 0.468 e. The fourth-order valence-electron chi connectivity index (χ4n) is 2.61. The van der Waals surface area contributed by atoms with Gasteiger partial charge in [0, 0.05) is 12.3 Å². The molecule has 3 unspecified atom stereocenters. The lowest BCUT2D eigenvalue weighted by Crippen LogP contribution is -2.41. The van der Waals surface area contributed by atoms with Crippen LogP contribution in [0.3, 0.4) is 0 Å². The molecule has 19 heavy (non-hydrogen) atoms. The number of furan rings is 2. The van der Waals surface area contributed by atoms with Crippen LogP contribution in [0.4, 0.5) is 0 Å². The molecule has 0 radical (unpaired) electrons. The molecule has 3 heterocycles. The maximum Gasteiger partial charge on any atom is 0.121 e. The second kappa shape index (κ2) is 4.93. The van der Waals surface area contributed by atoms with E-state index in [-0.39, 0.29) is 18.0 Å². The van der Waals surface area contributed by atoms with Crippen molar-refractivity contribution in [1.29, 1.82) is 0 Å². The summed E-state index contributed by atoms with van der Waals surface area (Å²) in [5.41, 5.74) is 0.751. The molecule has 1 fully saturated rings. The van der Waals surface area contributed by atoms with Gasteiger partial charge < -0.3 is 14.0 Å². The summed E-state index contributed by atoms with van der Waals surface area (Å²) in [5.74, 6) is 1.75. The zero-order valence-electron chi connectivity index (χ0n) is 10.6. The highest BCUT2D eigenvalue weighted by atomic mass is 16.4. The minimum Gasteiger partial charge on any atom is -0.468 e. The molecule has 3 rings (SSSR count). The van der Waals surface area contributed by atoms with Crippen molar-refractivity contribution in [3.8, 4) is 0 Å². The lowest BCUT2D eigenvalue weighted by atomic mass is 9.85. The Hall–Kier alpha value is -2.01. The van der Waals surface area contributed by atoms with Gasteiger partial charge in [0.15, 0.2) is 0 Å². The van der Waals surface area contributed by atoms with E-state index >= 15 is 0 Å². The first kappa shape index (κ1) is 12.0. The van der Waals surface area contributed by atoms with Crippen LogP contribution in [0, 0.1) is 5.92 Å². The van der Waals surface area contributed by atoms with E-state index in [1.54, 1.807) is 12.5 Å². The summed E-state index contributed by atoms with van der Waals surface area (Å²) in [5, 5.41) is 16.1. The Bertz CT molecular complexity index is 545. The third kappa shape index (κ3) is 2.17. The SMILES string of the molecule is CC1/C(=N\O)CC(c2ccco2)NC1c1ccco1. The molecule has 1 saturated heterocycles. The molecule has 1 aliphatic heterocycles. The predicted molar refractivity (Wildman–Crippen MR) is 69.0 cm³/mol. The first-order chi connectivity index (χ1) is 9.29. The number of nitrogens with one attached hydrogen (secondary N) is 1. The van der Waals surface area contributed by atoms with Crippen molar-refractivity contribution < 1.29 is 14.0 Å². The van der Waals surface area contributed by atoms with Crippen molar-refractivity contribution in [2.45, 2.75) is 25.4 Å². The minimum atomic E-state index is -0.0234. The molecule has 5 heteroatoms. The quantitative estimate of drug-likeness (QED) is 0.643. The zero-order valence-corrected chi connectivity index (χ0v) is 10.6. The molecule has 0 amide bonds. The third-order valence-electron chi connectivity index (χ3n) is 3.68. The zero-order chi connectivity index (χ0) is 13.2. The Morgan fingerprint density at radius 3 is 2.47 bits per heavy atom. The lowest BCUT2D eigenvalue weighted by molar-refractivity contribution is 0.267. The standard InChI is InChI=1S/C14H16N2O3/c1-9-10(16-17)8-11(12-4-2-6-18-12)15-14(9)13-5-3-7-19-13/h2-7,9,11,14-15,17H,8H2,1H3/b16-10-. The number of oxime groups is 1. The maximum atomic E-state index is 9.19. The molecule has 5 nitrogen and oxygen atoms in total. The fourth-order valence-corrected chi connectivity index (χ4v) is 2.61. The van der Waals surface area contributed by atoms with Gasteiger partial charge in [0.2, 0.25) is 0 Å². The van der Waals surface area contributed by atoms with Crippen molar-refractivity contribution in [1.82, 2.24) is 5.32 Å². The molecule has 2 aromatic rings. The Kier molecular flexibility index (Phi) is 3.13. The Balaban J connectivity index is 1.91. The molecule has 0 aliphatic carbocycles. The monoisotopic (exact) mass is 260 g/mol. The van der Waals surface area contributed by atoms with Crippen LogP contribution >= 0.6 is 0 Å². The van der Waals surface area contributed by atoms with Crippen molar-refractivity contribution in [2.24, 2.45) is 11.1 Å². The van der Waals surface area contributed by atoms with Crippen LogP contribution in [-0.2, 0) is 0 Å². The van der Waals surface area contributed by atoms with Crippen LogP contribution < -0.4 is 5.32 Å². The van der Waals surface area contributed by atoms with E-state index < -0.39 is 0 Å². The maximum absolute atomic E-state index is 9.19. The number of piperidine rings is 1. The van der Waals surface area contributed by atoms with E-state index in [4.69, 9.17) is 8.83 Å². The molecule has 0 spiro atoms. The third-order valence-corrected chi connectivity index (χ3v) is 3.68. The van der Waals surface area contributed by atoms with E-state index in [1.165, 1.54) is 0 Å². The average Bonchev–Trinajstić information content (AvgIpc) is 3.12. The van der Waals surface area contributed by atoms with Crippen LogP contribution in [0.5, 0.6) is 0 Å². The van der Waals surface area contributed by atoms with Gasteiger partial charge in [-0.3, -0.25) is 5.32 Å². The molecular weight excluding hydrogens is 244 g/mol. The summed E-state index contributed by atoms with van der Waals surface area (Å²) in [7, 11) is 0. The van der Waals surface area contributed by atoms with Gasteiger partial charge in [0.05, 0.1) is 30.3 Å². The van der Waals surface area contributed by atoms with Gasteiger partial charge >= 0.3 is 0 Å². The second-order valence-electron chi connectivity index (χ2n) is 4.81. The van der Waals surface area contributed by atoms with Crippen LogP contribution in [0.25, 0.3) is 0 Å². The van der Waals surface area contributed by atoms with Crippen molar-refractivity contribution in [3.05, 3.63) is 48.3 Å². The van der Waals surface area contributed by atoms with Gasteiger partial charge in [-0.05, 0) is 24.3 Å². The second-order valence-corrected chi connectivity index (χ2v) is 4.81. The summed E-state index contributed by atoms with van der Waals surface area (Å²) < 4.78 is 10.9. The average molecular weight is 260 g/mol.